The Morgan fingerprint density at radius 1 is 1.30 bits per heavy atom. The first-order chi connectivity index (χ1) is 4.34. The molecule has 0 radical (unpaired) electrons. The normalized spacial score (nSPS) is 27.3. The van der Waals surface area contributed by atoms with Crippen molar-refractivity contribution < 1.29 is 5.11 Å². The number of aliphatic hydroxyl groups is 1. The summed E-state index contributed by atoms with van der Waals surface area (Å²) in [6.45, 7) is 3.10. The van der Waals surface area contributed by atoms with E-state index in [4.69, 9.17) is 5.11 Å². The smallest absolute Gasteiger partial charge is 0.0793 e. The van der Waals surface area contributed by atoms with Gasteiger partial charge in [0.05, 0.1) is 6.10 Å². The van der Waals surface area contributed by atoms with Crippen LogP contribution < -0.4 is 0 Å². The maximum atomic E-state index is 8.91. The summed E-state index contributed by atoms with van der Waals surface area (Å²) in [6, 6.07) is 0. The summed E-state index contributed by atoms with van der Waals surface area (Å²) in [5.74, 6) is 0.984. The summed E-state index contributed by atoms with van der Waals surface area (Å²) in [5.41, 5.74) is 0. The molecule has 10 heavy (non-hydrogen) atoms. The fourth-order valence-electron chi connectivity index (χ4n) is 1.36. The van der Waals surface area contributed by atoms with Crippen LogP contribution in [0.25, 0.3) is 0 Å². The van der Waals surface area contributed by atoms with Gasteiger partial charge >= 0.3 is 0 Å². The van der Waals surface area contributed by atoms with Crippen molar-refractivity contribution in [1.82, 2.24) is 4.90 Å². The number of hydrogen-bond donors (Lipinski definition) is 1. The van der Waals surface area contributed by atoms with Crippen molar-refractivity contribution in [2.45, 2.75) is 18.9 Å². The minimum atomic E-state index is -0.0104. The average molecular weight is 164 g/mol. The Morgan fingerprint density at radius 2 is 1.90 bits per heavy atom. The second-order valence-corrected chi connectivity index (χ2v) is 3.32. The second-order valence-electron chi connectivity index (χ2n) is 3.32. The van der Waals surface area contributed by atoms with Crippen LogP contribution >= 0.6 is 12.4 Å². The van der Waals surface area contributed by atoms with Gasteiger partial charge in [0, 0.05) is 19.6 Å². The predicted octanol–water partition coefficient (Wildman–Crippen LogP) is 0.495. The van der Waals surface area contributed by atoms with E-state index in [0.29, 0.717) is 0 Å². The zero-order chi connectivity index (χ0) is 6.27. The quantitative estimate of drug-likeness (QED) is 0.641. The molecule has 1 aliphatic heterocycles. The fourth-order valence-corrected chi connectivity index (χ4v) is 1.36. The number of β-amino-alcohol motifs (C(OH)–C–C–N with tert-alkyl or cyclic N) is 1. The van der Waals surface area contributed by atoms with E-state index < -0.39 is 0 Å². The molecule has 1 N–H and O–H groups in total. The van der Waals surface area contributed by atoms with Crippen LogP contribution in [0.15, 0.2) is 0 Å². The van der Waals surface area contributed by atoms with Gasteiger partial charge in [0.15, 0.2) is 0 Å². The molecule has 2 aliphatic rings. The van der Waals surface area contributed by atoms with Gasteiger partial charge in [-0.3, -0.25) is 4.90 Å². The minimum absolute atomic E-state index is 0. The van der Waals surface area contributed by atoms with Gasteiger partial charge in [0.1, 0.15) is 0 Å². The highest BCUT2D eigenvalue weighted by Gasteiger charge is 2.30. The van der Waals surface area contributed by atoms with Gasteiger partial charge in [-0.05, 0) is 18.8 Å². The molecule has 1 heterocycles. The zero-order valence-corrected chi connectivity index (χ0v) is 6.81. The standard InChI is InChI=1S/C7H13NO.ClH/c9-7-4-8(5-7)3-6-1-2-6;/h6-7,9H,1-5H2;1H. The number of rotatable bonds is 2. The van der Waals surface area contributed by atoms with Crippen LogP contribution in [0, 0.1) is 5.92 Å². The summed E-state index contributed by atoms with van der Waals surface area (Å²) in [4.78, 5) is 2.34. The van der Waals surface area contributed by atoms with E-state index in [9.17, 15) is 0 Å². The van der Waals surface area contributed by atoms with Crippen LogP contribution in [0.3, 0.4) is 0 Å². The maximum Gasteiger partial charge on any atom is 0.0793 e. The molecule has 0 aromatic rings. The molecule has 2 fully saturated rings. The molecule has 0 bridgehead atoms. The summed E-state index contributed by atoms with van der Waals surface area (Å²) in [6.07, 6.45) is 2.84. The number of nitrogens with zero attached hydrogens (tertiary/aromatic N) is 1. The predicted molar refractivity (Wildman–Crippen MR) is 42.4 cm³/mol. The summed E-state index contributed by atoms with van der Waals surface area (Å²) in [7, 11) is 0. The third-order valence-electron chi connectivity index (χ3n) is 2.15. The number of aliphatic hydroxyl groups excluding tert-OH is 1. The lowest BCUT2D eigenvalue weighted by atomic mass is 10.1. The van der Waals surface area contributed by atoms with Gasteiger partial charge in [-0.2, -0.15) is 0 Å². The van der Waals surface area contributed by atoms with E-state index >= 15 is 0 Å². The monoisotopic (exact) mass is 163 g/mol. The Balaban J connectivity index is 0.000000500. The van der Waals surface area contributed by atoms with Gasteiger partial charge < -0.3 is 5.11 Å². The van der Waals surface area contributed by atoms with E-state index in [1.807, 2.05) is 0 Å². The first-order valence-corrected chi connectivity index (χ1v) is 3.75. The Labute approximate surface area is 67.6 Å². The molecule has 1 aliphatic carbocycles. The van der Waals surface area contributed by atoms with E-state index in [1.165, 1.54) is 19.4 Å². The molecule has 0 aromatic heterocycles. The van der Waals surface area contributed by atoms with Gasteiger partial charge in [-0.1, -0.05) is 0 Å². The number of likely N-dealkylation sites (tertiary alicyclic amines) is 1. The Morgan fingerprint density at radius 3 is 2.30 bits per heavy atom. The molecule has 0 atom stereocenters. The lowest BCUT2D eigenvalue weighted by molar-refractivity contribution is -0.000274. The largest absolute Gasteiger partial charge is 0.390 e. The third kappa shape index (κ3) is 1.84. The molecule has 2 rings (SSSR count). The molecule has 1 saturated heterocycles. The van der Waals surface area contributed by atoms with Crippen molar-refractivity contribution in [2.24, 2.45) is 5.92 Å². The maximum absolute atomic E-state index is 8.91. The summed E-state index contributed by atoms with van der Waals surface area (Å²) >= 11 is 0. The van der Waals surface area contributed by atoms with E-state index in [0.717, 1.165) is 19.0 Å². The minimum Gasteiger partial charge on any atom is -0.390 e. The molecule has 0 amide bonds. The fraction of sp³-hybridized carbons (Fsp3) is 1.00. The van der Waals surface area contributed by atoms with Crippen molar-refractivity contribution in [1.29, 1.82) is 0 Å². The van der Waals surface area contributed by atoms with E-state index in [2.05, 4.69) is 4.90 Å². The Hall–Kier alpha value is 0.210. The topological polar surface area (TPSA) is 23.5 Å². The summed E-state index contributed by atoms with van der Waals surface area (Å²) < 4.78 is 0. The molecule has 60 valence electrons. The van der Waals surface area contributed by atoms with Crippen LogP contribution in [0.4, 0.5) is 0 Å². The van der Waals surface area contributed by atoms with Crippen molar-refractivity contribution in [3.63, 3.8) is 0 Å². The highest BCUT2D eigenvalue weighted by Crippen LogP contribution is 2.30. The van der Waals surface area contributed by atoms with Crippen molar-refractivity contribution in [3.8, 4) is 0 Å². The van der Waals surface area contributed by atoms with Crippen molar-refractivity contribution in [2.75, 3.05) is 19.6 Å². The molecule has 1 saturated carbocycles. The highest BCUT2D eigenvalue weighted by molar-refractivity contribution is 5.85. The molecule has 2 nitrogen and oxygen atoms in total. The lowest BCUT2D eigenvalue weighted by Crippen LogP contribution is -2.51. The van der Waals surface area contributed by atoms with Gasteiger partial charge in [0.25, 0.3) is 0 Å². The molecule has 0 spiro atoms. The van der Waals surface area contributed by atoms with Crippen LogP contribution in [0.1, 0.15) is 12.8 Å². The molecular formula is C7H14ClNO. The van der Waals surface area contributed by atoms with Crippen LogP contribution in [-0.2, 0) is 0 Å². The molecule has 3 heteroatoms. The van der Waals surface area contributed by atoms with Crippen LogP contribution in [0.2, 0.25) is 0 Å². The Bertz CT molecular complexity index is 110. The summed E-state index contributed by atoms with van der Waals surface area (Å²) in [5, 5.41) is 8.91. The van der Waals surface area contributed by atoms with E-state index in [-0.39, 0.29) is 18.5 Å². The van der Waals surface area contributed by atoms with Gasteiger partial charge in [-0.25, -0.2) is 0 Å². The highest BCUT2D eigenvalue weighted by atomic mass is 35.5. The number of hydrogen-bond acceptors (Lipinski definition) is 2. The van der Waals surface area contributed by atoms with Gasteiger partial charge in [-0.15, -0.1) is 12.4 Å². The zero-order valence-electron chi connectivity index (χ0n) is 5.99. The first-order valence-electron chi connectivity index (χ1n) is 3.75. The molecule has 0 aromatic carbocycles. The average Bonchev–Trinajstić information content (AvgIpc) is 2.45. The third-order valence-corrected chi connectivity index (χ3v) is 2.15. The SMILES string of the molecule is Cl.OC1CN(CC2CC2)C1. The molecular weight excluding hydrogens is 150 g/mol. The van der Waals surface area contributed by atoms with Gasteiger partial charge in [0.2, 0.25) is 0 Å². The first kappa shape index (κ1) is 8.31. The van der Waals surface area contributed by atoms with Crippen molar-refractivity contribution >= 4 is 12.4 Å². The van der Waals surface area contributed by atoms with Crippen LogP contribution in [-0.4, -0.2) is 35.7 Å². The number of halogens is 1. The van der Waals surface area contributed by atoms with Crippen molar-refractivity contribution in [3.05, 3.63) is 0 Å². The van der Waals surface area contributed by atoms with E-state index in [1.54, 1.807) is 0 Å². The molecule has 0 unspecified atom stereocenters. The lowest BCUT2D eigenvalue weighted by Gasteiger charge is -2.35. The second kappa shape index (κ2) is 3.07. The van der Waals surface area contributed by atoms with Crippen LogP contribution in [0.5, 0.6) is 0 Å². The Kier molecular flexibility index (Phi) is 2.55.